The van der Waals surface area contributed by atoms with E-state index < -0.39 is 0 Å². The summed E-state index contributed by atoms with van der Waals surface area (Å²) in [5.74, 6) is 2.63. The first-order chi connectivity index (χ1) is 15.3. The molecule has 3 heterocycles. The maximum atomic E-state index is 6.22. The van der Waals surface area contributed by atoms with Gasteiger partial charge in [-0.2, -0.15) is 0 Å². The van der Waals surface area contributed by atoms with Crippen molar-refractivity contribution >= 4 is 41.3 Å². The molecule has 0 amide bonds. The van der Waals surface area contributed by atoms with Gasteiger partial charge in [0.25, 0.3) is 0 Å². The smallest absolute Gasteiger partial charge is 0.191 e. The number of aryl methyl sites for hydroxylation is 1. The Bertz CT molecular complexity index is 955. The number of thiophene rings is 1. The Balaban J connectivity index is 0.00000289. The van der Waals surface area contributed by atoms with Crippen LogP contribution in [-0.2, 0) is 24.2 Å². The number of hydrogen-bond donors (Lipinski definition) is 2. The van der Waals surface area contributed by atoms with Crippen LogP contribution in [0.15, 0.2) is 63.5 Å². The number of nitrogens with zero attached hydrogens (tertiary/aromatic N) is 1. The van der Waals surface area contributed by atoms with E-state index in [0.29, 0.717) is 13.2 Å². The quantitative estimate of drug-likeness (QED) is 0.219. The SMILES string of the molecule is Cc1ccc(CN=C(NCCc2ccco2)NCc2cccs2)c(OC2CCOC2)c1.I. The van der Waals surface area contributed by atoms with E-state index in [-0.39, 0.29) is 30.1 Å². The van der Waals surface area contributed by atoms with Gasteiger partial charge >= 0.3 is 0 Å². The van der Waals surface area contributed by atoms with Gasteiger partial charge in [0.2, 0.25) is 0 Å². The first-order valence-corrected chi connectivity index (χ1v) is 11.5. The lowest BCUT2D eigenvalue weighted by Gasteiger charge is -2.16. The maximum absolute atomic E-state index is 6.22. The summed E-state index contributed by atoms with van der Waals surface area (Å²) in [6.45, 7) is 5.50. The Morgan fingerprint density at radius 3 is 2.91 bits per heavy atom. The fourth-order valence-corrected chi connectivity index (χ4v) is 4.01. The molecule has 8 heteroatoms. The van der Waals surface area contributed by atoms with Gasteiger partial charge in [0, 0.05) is 29.8 Å². The van der Waals surface area contributed by atoms with Crippen molar-refractivity contribution in [3.8, 4) is 5.75 Å². The third-order valence-corrected chi connectivity index (χ3v) is 5.94. The fourth-order valence-electron chi connectivity index (χ4n) is 3.37. The van der Waals surface area contributed by atoms with Crippen molar-refractivity contribution in [3.63, 3.8) is 0 Å². The van der Waals surface area contributed by atoms with Crippen molar-refractivity contribution in [2.75, 3.05) is 19.8 Å². The number of rotatable bonds is 9. The zero-order valence-corrected chi connectivity index (χ0v) is 21.4. The van der Waals surface area contributed by atoms with Crippen molar-refractivity contribution in [1.29, 1.82) is 0 Å². The summed E-state index contributed by atoms with van der Waals surface area (Å²) in [4.78, 5) is 6.10. The molecule has 0 spiro atoms. The molecular formula is C24H30IN3O3S. The second kappa shape index (κ2) is 12.9. The van der Waals surface area contributed by atoms with Gasteiger partial charge in [-0.05, 0) is 42.1 Å². The Morgan fingerprint density at radius 1 is 1.22 bits per heavy atom. The van der Waals surface area contributed by atoms with Gasteiger partial charge in [-0.15, -0.1) is 35.3 Å². The number of furan rings is 1. The van der Waals surface area contributed by atoms with Crippen molar-refractivity contribution in [1.82, 2.24) is 10.6 Å². The summed E-state index contributed by atoms with van der Waals surface area (Å²) in [6, 6.07) is 14.4. The van der Waals surface area contributed by atoms with E-state index in [1.54, 1.807) is 17.6 Å². The van der Waals surface area contributed by atoms with E-state index in [9.17, 15) is 0 Å². The van der Waals surface area contributed by atoms with Crippen LogP contribution in [0.4, 0.5) is 0 Å². The van der Waals surface area contributed by atoms with Crippen LogP contribution < -0.4 is 15.4 Å². The molecular weight excluding hydrogens is 537 g/mol. The van der Waals surface area contributed by atoms with Crippen molar-refractivity contribution in [3.05, 3.63) is 75.9 Å². The molecule has 2 N–H and O–H groups in total. The van der Waals surface area contributed by atoms with Crippen molar-refractivity contribution < 1.29 is 13.9 Å². The number of nitrogens with one attached hydrogen (secondary N) is 2. The number of hydrogen-bond acceptors (Lipinski definition) is 5. The topological polar surface area (TPSA) is 68.0 Å². The van der Waals surface area contributed by atoms with Crippen LogP contribution in [0.1, 0.15) is 28.2 Å². The average Bonchev–Trinajstić information content (AvgIpc) is 3.55. The Morgan fingerprint density at radius 2 is 2.16 bits per heavy atom. The molecule has 172 valence electrons. The second-order valence-corrected chi connectivity index (χ2v) is 8.60. The van der Waals surface area contributed by atoms with Gasteiger partial charge in [0.15, 0.2) is 5.96 Å². The molecule has 0 bridgehead atoms. The molecule has 0 aliphatic carbocycles. The Kier molecular flexibility index (Phi) is 9.89. The number of halogens is 1. The third kappa shape index (κ3) is 7.53. The Labute approximate surface area is 210 Å². The molecule has 4 rings (SSSR count). The van der Waals surface area contributed by atoms with Crippen LogP contribution in [0, 0.1) is 6.92 Å². The van der Waals surface area contributed by atoms with E-state index >= 15 is 0 Å². The van der Waals surface area contributed by atoms with E-state index in [4.69, 9.17) is 18.9 Å². The standard InChI is InChI=1S/C24H29N3O3S.HI/c1-18-6-7-19(23(14-18)30-21-9-12-28-17-21)15-26-24(27-16-22-5-3-13-31-22)25-10-8-20-4-2-11-29-20;/h2-7,11,13-14,21H,8-10,12,15-17H2,1H3,(H2,25,26,27);1H. The highest BCUT2D eigenvalue weighted by Crippen LogP contribution is 2.24. The molecule has 1 unspecified atom stereocenters. The maximum Gasteiger partial charge on any atom is 0.191 e. The monoisotopic (exact) mass is 567 g/mol. The van der Waals surface area contributed by atoms with E-state index in [1.807, 2.05) is 12.1 Å². The van der Waals surface area contributed by atoms with Crippen LogP contribution in [0.3, 0.4) is 0 Å². The number of ether oxygens (including phenoxy) is 2. The van der Waals surface area contributed by atoms with Crippen LogP contribution in [0.5, 0.6) is 5.75 Å². The molecule has 1 aromatic carbocycles. The Hall–Kier alpha value is -2.04. The van der Waals surface area contributed by atoms with Gasteiger partial charge in [-0.25, -0.2) is 4.99 Å². The van der Waals surface area contributed by atoms with Gasteiger partial charge in [0.1, 0.15) is 17.6 Å². The van der Waals surface area contributed by atoms with E-state index in [0.717, 1.165) is 55.6 Å². The van der Waals surface area contributed by atoms with Crippen molar-refractivity contribution in [2.45, 2.75) is 39.0 Å². The molecule has 0 radical (unpaired) electrons. The lowest BCUT2D eigenvalue weighted by Crippen LogP contribution is -2.38. The van der Waals surface area contributed by atoms with Gasteiger partial charge in [-0.3, -0.25) is 0 Å². The lowest BCUT2D eigenvalue weighted by molar-refractivity contribution is 0.140. The lowest BCUT2D eigenvalue weighted by atomic mass is 10.1. The number of guanidine groups is 1. The van der Waals surface area contributed by atoms with Crippen LogP contribution >= 0.6 is 35.3 Å². The molecule has 1 saturated heterocycles. The summed E-state index contributed by atoms with van der Waals surface area (Å²) in [5.41, 5.74) is 2.25. The number of benzene rings is 1. The van der Waals surface area contributed by atoms with Crippen molar-refractivity contribution in [2.24, 2.45) is 4.99 Å². The minimum Gasteiger partial charge on any atom is -0.488 e. The first kappa shape index (κ1) is 24.6. The molecule has 1 aliphatic rings. The van der Waals surface area contributed by atoms with Gasteiger partial charge in [-0.1, -0.05) is 18.2 Å². The molecule has 1 atom stereocenters. The highest BCUT2D eigenvalue weighted by molar-refractivity contribution is 14.0. The van der Waals surface area contributed by atoms with Crippen LogP contribution in [-0.4, -0.2) is 31.8 Å². The van der Waals surface area contributed by atoms with Crippen LogP contribution in [0.25, 0.3) is 0 Å². The van der Waals surface area contributed by atoms with Gasteiger partial charge < -0.3 is 24.5 Å². The predicted molar refractivity (Wildman–Crippen MR) is 139 cm³/mol. The summed E-state index contributed by atoms with van der Waals surface area (Å²) >= 11 is 1.73. The summed E-state index contributed by atoms with van der Waals surface area (Å²) in [7, 11) is 0. The molecule has 3 aromatic rings. The second-order valence-electron chi connectivity index (χ2n) is 7.57. The van der Waals surface area contributed by atoms with Crippen LogP contribution in [0.2, 0.25) is 0 Å². The normalized spacial score (nSPS) is 15.9. The third-order valence-electron chi connectivity index (χ3n) is 5.07. The summed E-state index contributed by atoms with van der Waals surface area (Å²) in [6.07, 6.45) is 3.55. The molecule has 6 nitrogen and oxygen atoms in total. The molecule has 1 fully saturated rings. The minimum atomic E-state index is 0. The van der Waals surface area contributed by atoms with Gasteiger partial charge in [0.05, 0.1) is 32.6 Å². The molecule has 32 heavy (non-hydrogen) atoms. The fraction of sp³-hybridized carbons (Fsp3) is 0.375. The highest BCUT2D eigenvalue weighted by atomic mass is 127. The molecule has 2 aromatic heterocycles. The van der Waals surface area contributed by atoms with E-state index in [2.05, 4.69) is 53.3 Å². The number of aliphatic imine (C=N–C) groups is 1. The predicted octanol–water partition coefficient (Wildman–Crippen LogP) is 4.91. The zero-order chi connectivity index (χ0) is 21.3. The molecule has 0 saturated carbocycles. The minimum absolute atomic E-state index is 0. The molecule has 1 aliphatic heterocycles. The zero-order valence-electron chi connectivity index (χ0n) is 18.2. The summed E-state index contributed by atoms with van der Waals surface area (Å²) < 4.78 is 17.1. The highest BCUT2D eigenvalue weighted by Gasteiger charge is 2.18. The summed E-state index contributed by atoms with van der Waals surface area (Å²) in [5, 5.41) is 8.94. The van der Waals surface area contributed by atoms with E-state index in [1.165, 1.54) is 10.4 Å². The largest absolute Gasteiger partial charge is 0.488 e. The average molecular weight is 567 g/mol. The first-order valence-electron chi connectivity index (χ1n) is 10.7.